The monoisotopic (exact) mass is 380 g/mol. The average Bonchev–Trinajstić information content (AvgIpc) is 3.34. The molecular weight excluding hydrogens is 356 g/mol. The lowest BCUT2D eigenvalue weighted by Gasteiger charge is -2.33. The van der Waals surface area contributed by atoms with Gasteiger partial charge in [-0.3, -0.25) is 4.79 Å². The second-order valence-corrected chi connectivity index (χ2v) is 7.96. The maximum atomic E-state index is 12.8. The lowest BCUT2D eigenvalue weighted by Crippen LogP contribution is -2.40. The van der Waals surface area contributed by atoms with Crippen LogP contribution < -0.4 is 0 Å². The van der Waals surface area contributed by atoms with Crippen LogP contribution in [0.4, 0.5) is 0 Å². The highest BCUT2D eigenvalue weighted by atomic mass is 32.1. The molecule has 0 radical (unpaired) electrons. The molecule has 1 aliphatic heterocycles. The first-order chi connectivity index (χ1) is 13.2. The van der Waals surface area contributed by atoms with Gasteiger partial charge in [-0.15, -0.1) is 11.3 Å². The molecule has 3 aromatic rings. The molecule has 1 amide bonds. The van der Waals surface area contributed by atoms with E-state index < -0.39 is 0 Å². The zero-order chi connectivity index (χ0) is 18.6. The first-order valence-electron chi connectivity index (χ1n) is 9.40. The number of nitrogens with zero attached hydrogens (tertiary/aromatic N) is 4. The Kier molecular flexibility index (Phi) is 5.34. The van der Waals surface area contributed by atoms with Gasteiger partial charge >= 0.3 is 0 Å². The molecule has 0 N–H and O–H groups in total. The Hall–Kier alpha value is -2.47. The summed E-state index contributed by atoms with van der Waals surface area (Å²) < 4.78 is 2.17. The van der Waals surface area contributed by atoms with E-state index >= 15 is 0 Å². The van der Waals surface area contributed by atoms with Crippen molar-refractivity contribution in [1.29, 1.82) is 0 Å². The number of hydrogen-bond donors (Lipinski definition) is 0. The van der Waals surface area contributed by atoms with E-state index in [0.29, 0.717) is 6.42 Å². The van der Waals surface area contributed by atoms with Gasteiger partial charge in [-0.1, -0.05) is 29.8 Å². The van der Waals surface area contributed by atoms with E-state index in [1.165, 1.54) is 5.56 Å². The summed E-state index contributed by atoms with van der Waals surface area (Å²) in [4.78, 5) is 23.8. The minimum atomic E-state index is 0.211. The van der Waals surface area contributed by atoms with Crippen molar-refractivity contribution >= 4 is 17.2 Å². The number of carbonyl (C=O) groups excluding carboxylic acids is 1. The number of imidazole rings is 1. The van der Waals surface area contributed by atoms with Crippen molar-refractivity contribution in [3.05, 3.63) is 70.2 Å². The molecule has 27 heavy (non-hydrogen) atoms. The zero-order valence-corrected chi connectivity index (χ0v) is 16.4. The van der Waals surface area contributed by atoms with Crippen LogP contribution in [0.3, 0.4) is 0 Å². The van der Waals surface area contributed by atoms with Crippen LogP contribution in [0.15, 0.2) is 47.5 Å². The topological polar surface area (TPSA) is 51.0 Å². The van der Waals surface area contributed by atoms with E-state index in [9.17, 15) is 4.79 Å². The fourth-order valence-electron chi connectivity index (χ4n) is 3.83. The van der Waals surface area contributed by atoms with Gasteiger partial charge in [0.25, 0.3) is 0 Å². The summed E-state index contributed by atoms with van der Waals surface area (Å²) in [5.74, 6) is 1.56. The highest BCUT2D eigenvalue weighted by Crippen LogP contribution is 2.27. The van der Waals surface area contributed by atoms with Crippen LogP contribution in [-0.4, -0.2) is 38.4 Å². The Morgan fingerprint density at radius 3 is 3.07 bits per heavy atom. The molecular formula is C21H24N4OS. The molecule has 1 aromatic carbocycles. The minimum absolute atomic E-state index is 0.211. The summed E-state index contributed by atoms with van der Waals surface area (Å²) in [5, 5.41) is 2.07. The first kappa shape index (κ1) is 17.9. The molecule has 6 heteroatoms. The molecule has 1 saturated heterocycles. The third-order valence-electron chi connectivity index (χ3n) is 5.14. The maximum Gasteiger partial charge on any atom is 0.227 e. The Bertz CT molecular complexity index is 903. The quantitative estimate of drug-likeness (QED) is 0.679. The van der Waals surface area contributed by atoms with Crippen molar-refractivity contribution in [2.45, 2.75) is 38.6 Å². The van der Waals surface area contributed by atoms with Gasteiger partial charge in [-0.2, -0.15) is 0 Å². The molecule has 1 aliphatic rings. The molecule has 0 saturated carbocycles. The lowest BCUT2D eigenvalue weighted by atomic mass is 9.96. The van der Waals surface area contributed by atoms with Crippen molar-refractivity contribution in [2.75, 3.05) is 13.1 Å². The van der Waals surface area contributed by atoms with Crippen LogP contribution in [0.25, 0.3) is 0 Å². The number of amides is 1. The third kappa shape index (κ3) is 4.27. The normalized spacial score (nSPS) is 17.2. The van der Waals surface area contributed by atoms with Crippen molar-refractivity contribution in [2.24, 2.45) is 0 Å². The second-order valence-electron chi connectivity index (χ2n) is 7.24. The van der Waals surface area contributed by atoms with Gasteiger partial charge in [0.05, 0.1) is 24.2 Å². The van der Waals surface area contributed by atoms with E-state index in [1.54, 1.807) is 11.3 Å². The highest BCUT2D eigenvalue weighted by molar-refractivity contribution is 7.07. The Balaban J connectivity index is 1.44. The summed E-state index contributed by atoms with van der Waals surface area (Å²) in [6.07, 6.45) is 6.44. The number of piperidine rings is 1. The molecule has 140 valence electrons. The molecule has 3 heterocycles. The summed E-state index contributed by atoms with van der Waals surface area (Å²) in [7, 11) is 0. The minimum Gasteiger partial charge on any atom is -0.342 e. The number of hydrogen-bond acceptors (Lipinski definition) is 4. The van der Waals surface area contributed by atoms with E-state index in [-0.39, 0.29) is 11.8 Å². The van der Waals surface area contributed by atoms with Gasteiger partial charge < -0.3 is 9.47 Å². The predicted molar refractivity (Wildman–Crippen MR) is 107 cm³/mol. The smallest absolute Gasteiger partial charge is 0.227 e. The molecule has 2 aromatic heterocycles. The molecule has 1 unspecified atom stereocenters. The van der Waals surface area contributed by atoms with E-state index in [1.807, 2.05) is 34.9 Å². The van der Waals surface area contributed by atoms with Crippen molar-refractivity contribution in [3.63, 3.8) is 0 Å². The van der Waals surface area contributed by atoms with Crippen LogP contribution >= 0.6 is 11.3 Å². The highest BCUT2D eigenvalue weighted by Gasteiger charge is 2.27. The number of rotatable bonds is 5. The van der Waals surface area contributed by atoms with E-state index in [4.69, 9.17) is 0 Å². The van der Waals surface area contributed by atoms with Crippen LogP contribution in [0.5, 0.6) is 0 Å². The Morgan fingerprint density at radius 1 is 1.33 bits per heavy atom. The average molecular weight is 381 g/mol. The van der Waals surface area contributed by atoms with Crippen LogP contribution in [0, 0.1) is 6.92 Å². The number of carbonyl (C=O) groups is 1. The summed E-state index contributed by atoms with van der Waals surface area (Å²) in [6.45, 7) is 4.40. The zero-order valence-electron chi connectivity index (χ0n) is 15.5. The fraction of sp³-hybridized carbons (Fsp3) is 0.381. The summed E-state index contributed by atoms with van der Waals surface area (Å²) in [6, 6.07) is 8.21. The van der Waals surface area contributed by atoms with Crippen molar-refractivity contribution < 1.29 is 4.79 Å². The Morgan fingerprint density at radius 2 is 2.26 bits per heavy atom. The predicted octanol–water partition coefficient (Wildman–Crippen LogP) is 3.65. The van der Waals surface area contributed by atoms with Gasteiger partial charge in [0.1, 0.15) is 5.82 Å². The molecule has 4 rings (SSSR count). The standard InChI is InChI=1S/C21H24N4OS/c1-16-4-2-5-17(10-16)11-20(26)24-8-3-6-18(12-24)21-22-7-9-25(21)13-19-14-27-15-23-19/h2,4-5,7,9-10,14-15,18H,3,6,8,11-13H2,1H3. The number of benzene rings is 1. The number of thiazole rings is 1. The maximum absolute atomic E-state index is 12.8. The fourth-order valence-corrected chi connectivity index (χ4v) is 4.38. The van der Waals surface area contributed by atoms with E-state index in [2.05, 4.69) is 39.0 Å². The number of likely N-dealkylation sites (tertiary alicyclic amines) is 1. The first-order valence-corrected chi connectivity index (χ1v) is 10.3. The van der Waals surface area contributed by atoms with Gasteiger partial charge in [0, 0.05) is 36.8 Å². The largest absolute Gasteiger partial charge is 0.342 e. The number of aromatic nitrogens is 3. The SMILES string of the molecule is Cc1cccc(CC(=O)N2CCCC(c3nccn3Cc3cscn3)C2)c1. The van der Waals surface area contributed by atoms with Crippen molar-refractivity contribution in [1.82, 2.24) is 19.4 Å². The second kappa shape index (κ2) is 8.05. The van der Waals surface area contributed by atoms with Crippen LogP contribution in [0.2, 0.25) is 0 Å². The van der Waals surface area contributed by atoms with Gasteiger partial charge in [0.15, 0.2) is 0 Å². The third-order valence-corrected chi connectivity index (χ3v) is 5.78. The summed E-state index contributed by atoms with van der Waals surface area (Å²) >= 11 is 1.61. The number of aryl methyl sites for hydroxylation is 1. The molecule has 0 aliphatic carbocycles. The molecule has 5 nitrogen and oxygen atoms in total. The lowest BCUT2D eigenvalue weighted by molar-refractivity contribution is -0.131. The van der Waals surface area contributed by atoms with Crippen LogP contribution in [-0.2, 0) is 17.8 Å². The summed E-state index contributed by atoms with van der Waals surface area (Å²) in [5.41, 5.74) is 5.20. The van der Waals surface area contributed by atoms with Crippen molar-refractivity contribution in [3.8, 4) is 0 Å². The molecule has 0 spiro atoms. The van der Waals surface area contributed by atoms with Crippen LogP contribution in [0.1, 0.15) is 41.4 Å². The van der Waals surface area contributed by atoms with Gasteiger partial charge in [-0.25, -0.2) is 9.97 Å². The van der Waals surface area contributed by atoms with E-state index in [0.717, 1.165) is 49.6 Å². The molecule has 0 bridgehead atoms. The van der Waals surface area contributed by atoms with Gasteiger partial charge in [0.2, 0.25) is 5.91 Å². The molecule has 1 atom stereocenters. The molecule has 1 fully saturated rings. The van der Waals surface area contributed by atoms with Gasteiger partial charge in [-0.05, 0) is 25.3 Å². The Labute approximate surface area is 163 Å².